The number of nitrogens with zero attached hydrogens (tertiary/aromatic N) is 3. The Morgan fingerprint density at radius 1 is 1.50 bits per heavy atom. The molecule has 1 atom stereocenters. The third-order valence-electron chi connectivity index (χ3n) is 5.64. The molecule has 3 rings (SSSR count). The highest BCUT2D eigenvalue weighted by molar-refractivity contribution is 5.88. The second-order valence-corrected chi connectivity index (χ2v) is 6.89. The summed E-state index contributed by atoms with van der Waals surface area (Å²) in [5.74, 6) is -1.68. The van der Waals surface area contributed by atoms with Crippen LogP contribution in [0.25, 0.3) is 0 Å². The van der Waals surface area contributed by atoms with Crippen molar-refractivity contribution in [2.75, 3.05) is 13.1 Å². The summed E-state index contributed by atoms with van der Waals surface area (Å²) in [7, 11) is 1.88. The lowest BCUT2D eigenvalue weighted by molar-refractivity contribution is -0.144. The van der Waals surface area contributed by atoms with E-state index in [1.807, 2.05) is 24.6 Å². The number of amides is 1. The molecule has 3 heterocycles. The lowest BCUT2D eigenvalue weighted by Crippen LogP contribution is -2.55. The number of hydrogen-bond donors (Lipinski definition) is 2. The number of hydrogen-bond acceptors (Lipinski definition) is 4. The van der Waals surface area contributed by atoms with Gasteiger partial charge in [0.05, 0.1) is 11.5 Å². The second kappa shape index (κ2) is 5.95. The van der Waals surface area contributed by atoms with Crippen LogP contribution < -0.4 is 5.32 Å². The van der Waals surface area contributed by atoms with Gasteiger partial charge in [-0.05, 0) is 31.4 Å². The summed E-state index contributed by atoms with van der Waals surface area (Å²) in [5.41, 5.74) is 2.24. The number of carbonyl (C=O) groups is 2. The minimum absolute atomic E-state index is 0.0820. The summed E-state index contributed by atoms with van der Waals surface area (Å²) in [4.78, 5) is 25.4. The Bertz CT molecular complexity index is 723. The van der Waals surface area contributed by atoms with Crippen LogP contribution >= 0.6 is 0 Å². The van der Waals surface area contributed by atoms with E-state index < -0.39 is 17.4 Å². The average molecular weight is 330 g/mol. The Kier molecular flexibility index (Phi) is 4.10. The number of carboxylic acid groups (broad SMARTS) is 1. The van der Waals surface area contributed by atoms with E-state index in [1.54, 1.807) is 0 Å². The summed E-state index contributed by atoms with van der Waals surface area (Å²) in [6.07, 6.45) is 1.37. The number of likely N-dealkylation sites (tertiary alicyclic amines) is 1. The largest absolute Gasteiger partial charge is 0.481 e. The predicted molar refractivity (Wildman–Crippen MR) is 86.0 cm³/mol. The molecule has 1 aromatic rings. The molecule has 0 aliphatic carbocycles. The molecule has 128 valence electrons. The second-order valence-electron chi connectivity index (χ2n) is 6.89. The maximum atomic E-state index is 11.7. The maximum Gasteiger partial charge on any atom is 0.309 e. The number of nitriles is 1. The van der Waals surface area contributed by atoms with E-state index in [2.05, 4.69) is 16.3 Å². The highest BCUT2D eigenvalue weighted by Crippen LogP contribution is 2.37. The molecule has 2 aliphatic rings. The van der Waals surface area contributed by atoms with Crippen LogP contribution in [-0.2, 0) is 23.2 Å². The van der Waals surface area contributed by atoms with E-state index in [4.69, 9.17) is 5.26 Å². The fourth-order valence-corrected chi connectivity index (χ4v) is 3.97. The number of rotatable bonds is 3. The molecule has 2 saturated heterocycles. The molecule has 0 unspecified atom stereocenters. The quantitative estimate of drug-likeness (QED) is 0.852. The van der Waals surface area contributed by atoms with Crippen LogP contribution in [0.3, 0.4) is 0 Å². The van der Waals surface area contributed by atoms with Crippen LogP contribution in [0.4, 0.5) is 0 Å². The summed E-state index contributed by atoms with van der Waals surface area (Å²) >= 11 is 0. The minimum Gasteiger partial charge on any atom is -0.481 e. The Labute approximate surface area is 140 Å². The fraction of sp³-hybridized carbons (Fsp3) is 0.588. The number of aromatic nitrogens is 1. The van der Waals surface area contributed by atoms with Gasteiger partial charge in [-0.1, -0.05) is 0 Å². The van der Waals surface area contributed by atoms with Crippen molar-refractivity contribution in [3.05, 3.63) is 23.0 Å². The third kappa shape index (κ3) is 2.67. The van der Waals surface area contributed by atoms with Crippen molar-refractivity contribution in [2.45, 2.75) is 38.3 Å². The highest BCUT2D eigenvalue weighted by atomic mass is 16.4. The smallest absolute Gasteiger partial charge is 0.309 e. The van der Waals surface area contributed by atoms with E-state index in [9.17, 15) is 14.7 Å². The van der Waals surface area contributed by atoms with Gasteiger partial charge in [0.15, 0.2) is 0 Å². The summed E-state index contributed by atoms with van der Waals surface area (Å²) < 4.78 is 1.89. The molecular formula is C17H22N4O3. The predicted octanol–water partition coefficient (Wildman–Crippen LogP) is 0.760. The Morgan fingerprint density at radius 2 is 2.17 bits per heavy atom. The molecular weight excluding hydrogens is 308 g/mol. The zero-order chi connectivity index (χ0) is 17.5. The van der Waals surface area contributed by atoms with Gasteiger partial charge in [0, 0.05) is 38.8 Å². The van der Waals surface area contributed by atoms with Crippen molar-refractivity contribution >= 4 is 11.9 Å². The van der Waals surface area contributed by atoms with E-state index in [-0.39, 0.29) is 12.3 Å². The topological polar surface area (TPSA) is 98.4 Å². The van der Waals surface area contributed by atoms with Gasteiger partial charge in [-0.2, -0.15) is 5.26 Å². The van der Waals surface area contributed by atoms with Crippen LogP contribution in [-0.4, -0.2) is 45.1 Å². The van der Waals surface area contributed by atoms with Crippen molar-refractivity contribution in [1.82, 2.24) is 14.8 Å². The van der Waals surface area contributed by atoms with Crippen molar-refractivity contribution in [3.63, 3.8) is 0 Å². The Balaban J connectivity index is 1.69. The molecule has 0 bridgehead atoms. The molecule has 7 heteroatoms. The number of piperidine rings is 1. The van der Waals surface area contributed by atoms with Gasteiger partial charge in [0.25, 0.3) is 0 Å². The number of aliphatic carboxylic acids is 1. The molecule has 1 spiro atoms. The van der Waals surface area contributed by atoms with Gasteiger partial charge in [-0.3, -0.25) is 14.5 Å². The molecule has 2 aliphatic heterocycles. The van der Waals surface area contributed by atoms with Crippen molar-refractivity contribution in [2.24, 2.45) is 13.0 Å². The third-order valence-corrected chi connectivity index (χ3v) is 5.64. The molecule has 0 aromatic carbocycles. The SMILES string of the molecule is Cc1c(CN2CCC3(CC2)NC(=O)C[C@@H]3C(=O)O)cc(C#N)n1C. The van der Waals surface area contributed by atoms with Crippen LogP contribution in [0.2, 0.25) is 0 Å². The number of carbonyl (C=O) groups excluding carboxylic acids is 1. The zero-order valence-electron chi connectivity index (χ0n) is 14.0. The fourth-order valence-electron chi connectivity index (χ4n) is 3.97. The average Bonchev–Trinajstić information content (AvgIpc) is 3.01. The van der Waals surface area contributed by atoms with Gasteiger partial charge in [-0.25, -0.2) is 0 Å². The minimum atomic E-state index is -0.889. The van der Waals surface area contributed by atoms with Crippen LogP contribution in [0, 0.1) is 24.2 Å². The van der Waals surface area contributed by atoms with Gasteiger partial charge in [0.1, 0.15) is 11.8 Å². The molecule has 2 N–H and O–H groups in total. The molecule has 0 radical (unpaired) electrons. The summed E-state index contributed by atoms with van der Waals surface area (Å²) in [5, 5.41) is 21.5. The van der Waals surface area contributed by atoms with E-state index >= 15 is 0 Å². The monoisotopic (exact) mass is 330 g/mol. The molecule has 1 aromatic heterocycles. The first-order valence-electron chi connectivity index (χ1n) is 8.18. The van der Waals surface area contributed by atoms with Crippen LogP contribution in [0.5, 0.6) is 0 Å². The van der Waals surface area contributed by atoms with Crippen molar-refractivity contribution in [1.29, 1.82) is 5.26 Å². The van der Waals surface area contributed by atoms with E-state index in [1.165, 1.54) is 0 Å². The van der Waals surface area contributed by atoms with Gasteiger partial charge in [-0.15, -0.1) is 0 Å². The Morgan fingerprint density at radius 3 is 2.71 bits per heavy atom. The standard InChI is InChI=1S/C17H22N4O3/c1-11-12(7-13(9-18)20(11)2)10-21-5-3-17(4-6-21)14(16(23)24)8-15(22)19-17/h7,14H,3-6,8,10H2,1-2H3,(H,19,22)(H,23,24)/t14-/m1/s1. The van der Waals surface area contributed by atoms with Gasteiger partial charge in [0.2, 0.25) is 5.91 Å². The Hall–Kier alpha value is -2.33. The molecule has 2 fully saturated rings. The van der Waals surface area contributed by atoms with Crippen molar-refractivity contribution in [3.8, 4) is 6.07 Å². The van der Waals surface area contributed by atoms with Gasteiger partial charge >= 0.3 is 5.97 Å². The van der Waals surface area contributed by atoms with E-state index in [0.717, 1.165) is 30.9 Å². The first-order valence-corrected chi connectivity index (χ1v) is 8.18. The molecule has 1 amide bonds. The zero-order valence-corrected chi connectivity index (χ0v) is 14.0. The first-order chi connectivity index (χ1) is 11.4. The lowest BCUT2D eigenvalue weighted by atomic mass is 9.77. The number of nitrogens with one attached hydrogen (secondary N) is 1. The van der Waals surface area contributed by atoms with Crippen molar-refractivity contribution < 1.29 is 14.7 Å². The van der Waals surface area contributed by atoms with Gasteiger partial charge < -0.3 is 15.0 Å². The summed E-state index contributed by atoms with van der Waals surface area (Å²) in [6, 6.07) is 4.10. The summed E-state index contributed by atoms with van der Waals surface area (Å²) in [6.45, 7) is 4.21. The highest BCUT2D eigenvalue weighted by Gasteiger charge is 2.51. The lowest BCUT2D eigenvalue weighted by Gasteiger charge is -2.41. The molecule has 7 nitrogen and oxygen atoms in total. The molecule has 24 heavy (non-hydrogen) atoms. The number of carboxylic acids is 1. The normalized spacial score (nSPS) is 23.2. The van der Waals surface area contributed by atoms with Crippen LogP contribution in [0.1, 0.15) is 36.2 Å². The van der Waals surface area contributed by atoms with E-state index in [0.29, 0.717) is 18.5 Å². The maximum absolute atomic E-state index is 11.7. The first kappa shape index (κ1) is 16.5. The van der Waals surface area contributed by atoms with Crippen LogP contribution in [0.15, 0.2) is 6.07 Å². The molecule has 0 saturated carbocycles.